The summed E-state index contributed by atoms with van der Waals surface area (Å²) in [4.78, 5) is 15.6. The molecular weight excluding hydrogens is 400 g/mol. The maximum absolute atomic E-state index is 12.9. The van der Waals surface area contributed by atoms with Gasteiger partial charge in [0.1, 0.15) is 5.75 Å². The predicted octanol–water partition coefficient (Wildman–Crippen LogP) is 3.56. The summed E-state index contributed by atoms with van der Waals surface area (Å²) in [6.07, 6.45) is 5.96. The topological polar surface area (TPSA) is 50.8 Å². The van der Waals surface area contributed by atoms with E-state index in [2.05, 4.69) is 28.4 Å². The van der Waals surface area contributed by atoms with Crippen LogP contribution in [0.2, 0.25) is 0 Å². The fraction of sp³-hybridized carbons (Fsp3) is 0.519. The smallest absolute Gasteiger partial charge is 0.251 e. The van der Waals surface area contributed by atoms with Gasteiger partial charge < -0.3 is 14.8 Å². The van der Waals surface area contributed by atoms with Crippen molar-refractivity contribution >= 4 is 5.91 Å². The molecule has 2 saturated heterocycles. The van der Waals surface area contributed by atoms with E-state index in [-0.39, 0.29) is 23.5 Å². The van der Waals surface area contributed by atoms with Crippen molar-refractivity contribution in [1.29, 1.82) is 0 Å². The van der Waals surface area contributed by atoms with Gasteiger partial charge in [-0.15, -0.1) is 0 Å². The largest absolute Gasteiger partial charge is 0.497 e. The van der Waals surface area contributed by atoms with Gasteiger partial charge in [0.25, 0.3) is 5.91 Å². The van der Waals surface area contributed by atoms with Crippen LogP contribution < -0.4 is 10.1 Å². The van der Waals surface area contributed by atoms with E-state index in [4.69, 9.17) is 9.47 Å². The summed E-state index contributed by atoms with van der Waals surface area (Å²) in [5.41, 5.74) is 3.43. The van der Waals surface area contributed by atoms with Gasteiger partial charge in [-0.1, -0.05) is 24.3 Å². The molecule has 3 fully saturated rings. The summed E-state index contributed by atoms with van der Waals surface area (Å²) in [6, 6.07) is 16.5. The summed E-state index contributed by atoms with van der Waals surface area (Å²) in [5, 5.41) is 3.27. The van der Waals surface area contributed by atoms with E-state index in [1.807, 2.05) is 30.3 Å². The van der Waals surface area contributed by atoms with Gasteiger partial charge in [0, 0.05) is 23.6 Å². The molecule has 2 bridgehead atoms. The Hall–Kier alpha value is -2.37. The Bertz CT molecular complexity index is 1010. The van der Waals surface area contributed by atoms with Gasteiger partial charge in [0.2, 0.25) is 0 Å². The first-order valence-corrected chi connectivity index (χ1v) is 12.1. The normalized spacial score (nSPS) is 31.3. The number of ether oxygens (including phenoxy) is 2. The third kappa shape index (κ3) is 3.43. The third-order valence-corrected chi connectivity index (χ3v) is 8.14. The number of benzene rings is 2. The zero-order valence-electron chi connectivity index (χ0n) is 18.8. The number of hydrogen-bond donors (Lipinski definition) is 1. The molecular formula is C27H32N2O3. The second-order valence-electron chi connectivity index (χ2n) is 10.1. The predicted molar refractivity (Wildman–Crippen MR) is 123 cm³/mol. The molecule has 1 amide bonds. The minimum Gasteiger partial charge on any atom is -0.497 e. The van der Waals surface area contributed by atoms with Gasteiger partial charge >= 0.3 is 0 Å². The molecule has 4 aliphatic rings. The highest BCUT2D eigenvalue weighted by atomic mass is 16.5. The number of hydrogen-bond acceptors (Lipinski definition) is 4. The first-order valence-electron chi connectivity index (χ1n) is 12.1. The summed E-state index contributed by atoms with van der Waals surface area (Å²) in [5.74, 6) is 1.77. The number of piperidine rings is 1. The van der Waals surface area contributed by atoms with Gasteiger partial charge in [0.15, 0.2) is 0 Å². The van der Waals surface area contributed by atoms with E-state index < -0.39 is 0 Å². The van der Waals surface area contributed by atoms with Crippen LogP contribution in [0.25, 0.3) is 0 Å². The highest BCUT2D eigenvalue weighted by Gasteiger charge is 2.57. The molecule has 2 aromatic carbocycles. The van der Waals surface area contributed by atoms with Crippen LogP contribution in [0.4, 0.5) is 0 Å². The number of rotatable bonds is 5. The van der Waals surface area contributed by atoms with Crippen molar-refractivity contribution in [3.8, 4) is 5.75 Å². The van der Waals surface area contributed by atoms with Gasteiger partial charge in [-0.2, -0.15) is 0 Å². The van der Waals surface area contributed by atoms with Crippen LogP contribution in [0.1, 0.15) is 47.2 Å². The molecule has 1 N–H and O–H groups in total. The van der Waals surface area contributed by atoms with Crippen LogP contribution in [0.15, 0.2) is 48.5 Å². The molecule has 2 aliphatic carbocycles. The van der Waals surface area contributed by atoms with Gasteiger partial charge in [-0.3, -0.25) is 9.69 Å². The SMILES string of the molecule is COc1ccc2c(c1)[C@@]13CCN(CC4CC4)[C@@H](C2)C1OCC(NC(=O)c1ccccc1)C3. The second-order valence-corrected chi connectivity index (χ2v) is 10.1. The maximum Gasteiger partial charge on any atom is 0.251 e. The molecule has 0 spiro atoms. The standard InChI is InChI=1S/C27H32N2O3/c1-31-22-10-9-20-13-24-25-27(23(20)14-22,11-12-29(24)16-18-7-8-18)15-21(17-32-25)28-26(30)19-5-3-2-4-6-19/h2-6,9-10,14,18,21,24-25H,7-8,11-13,15-17H2,1H3,(H,28,30)/t21?,24-,25?,27-/m0/s1. The van der Waals surface area contributed by atoms with Gasteiger partial charge in [-0.25, -0.2) is 0 Å². The minimum absolute atomic E-state index is 0.00624. The molecule has 5 nitrogen and oxygen atoms in total. The lowest BCUT2D eigenvalue weighted by Gasteiger charge is -2.59. The molecule has 6 rings (SSSR count). The van der Waals surface area contributed by atoms with Crippen molar-refractivity contribution in [2.45, 2.75) is 55.7 Å². The molecule has 2 aliphatic heterocycles. The highest BCUT2D eigenvalue weighted by molar-refractivity contribution is 5.94. The van der Waals surface area contributed by atoms with Crippen LogP contribution in [0.3, 0.4) is 0 Å². The van der Waals surface area contributed by atoms with E-state index in [9.17, 15) is 4.79 Å². The maximum atomic E-state index is 12.9. The van der Waals surface area contributed by atoms with E-state index in [1.54, 1.807) is 7.11 Å². The monoisotopic (exact) mass is 432 g/mol. The second kappa shape index (κ2) is 7.89. The molecule has 0 aromatic heterocycles. The Kier molecular flexibility index (Phi) is 4.99. The lowest BCUT2D eigenvalue weighted by Crippen LogP contribution is -2.68. The molecule has 5 heteroatoms. The summed E-state index contributed by atoms with van der Waals surface area (Å²) < 4.78 is 12.3. The van der Waals surface area contributed by atoms with E-state index in [0.717, 1.165) is 37.5 Å². The molecule has 2 aromatic rings. The average molecular weight is 433 g/mol. The molecule has 168 valence electrons. The van der Waals surface area contributed by atoms with Gasteiger partial charge in [-0.05, 0) is 80.0 Å². The minimum atomic E-state index is -0.0697. The number of likely N-dealkylation sites (tertiary alicyclic amines) is 1. The summed E-state index contributed by atoms with van der Waals surface area (Å²) in [6.45, 7) is 2.90. The number of nitrogens with one attached hydrogen (secondary N) is 1. The Labute approximate surface area is 190 Å². The molecule has 32 heavy (non-hydrogen) atoms. The Balaban J connectivity index is 1.32. The number of amides is 1. The van der Waals surface area contributed by atoms with Crippen LogP contribution in [0, 0.1) is 5.92 Å². The number of methoxy groups -OCH3 is 1. The first kappa shape index (κ1) is 20.3. The van der Waals surface area contributed by atoms with Crippen molar-refractivity contribution in [3.63, 3.8) is 0 Å². The van der Waals surface area contributed by atoms with Crippen LogP contribution in [-0.2, 0) is 16.6 Å². The number of carbonyl (C=O) groups excluding carboxylic acids is 1. The van der Waals surface area contributed by atoms with E-state index in [1.165, 1.54) is 30.5 Å². The fourth-order valence-corrected chi connectivity index (χ4v) is 6.41. The van der Waals surface area contributed by atoms with Crippen LogP contribution >= 0.6 is 0 Å². The van der Waals surface area contributed by atoms with Crippen LogP contribution in [-0.4, -0.2) is 55.8 Å². The zero-order valence-corrected chi connectivity index (χ0v) is 18.8. The Morgan fingerprint density at radius 2 is 2.06 bits per heavy atom. The zero-order chi connectivity index (χ0) is 21.7. The molecule has 2 heterocycles. The average Bonchev–Trinajstić information content (AvgIpc) is 3.65. The highest BCUT2D eigenvalue weighted by Crippen LogP contribution is 2.52. The summed E-state index contributed by atoms with van der Waals surface area (Å²) >= 11 is 0. The molecule has 1 saturated carbocycles. The Morgan fingerprint density at radius 3 is 2.84 bits per heavy atom. The van der Waals surface area contributed by atoms with Crippen molar-refractivity contribution in [1.82, 2.24) is 10.2 Å². The molecule has 4 atom stereocenters. The molecule has 0 radical (unpaired) electrons. The van der Waals surface area contributed by atoms with Crippen molar-refractivity contribution in [3.05, 3.63) is 65.2 Å². The van der Waals surface area contributed by atoms with Gasteiger partial charge in [0.05, 0.1) is 25.9 Å². The Morgan fingerprint density at radius 1 is 1.22 bits per heavy atom. The number of fused-ring (bicyclic) bond motifs is 1. The quantitative estimate of drug-likeness (QED) is 0.785. The third-order valence-electron chi connectivity index (χ3n) is 8.14. The number of carbonyl (C=O) groups is 1. The van der Waals surface area contributed by atoms with E-state index in [0.29, 0.717) is 18.2 Å². The summed E-state index contributed by atoms with van der Waals surface area (Å²) in [7, 11) is 1.74. The lowest BCUT2D eigenvalue weighted by atomic mass is 9.58. The first-order chi connectivity index (χ1) is 15.7. The van der Waals surface area contributed by atoms with Crippen molar-refractivity contribution in [2.24, 2.45) is 5.92 Å². The van der Waals surface area contributed by atoms with Crippen LogP contribution in [0.5, 0.6) is 5.75 Å². The number of nitrogens with zero attached hydrogens (tertiary/aromatic N) is 1. The van der Waals surface area contributed by atoms with E-state index >= 15 is 0 Å². The fourth-order valence-electron chi connectivity index (χ4n) is 6.41. The lowest BCUT2D eigenvalue weighted by molar-refractivity contribution is -0.136. The van der Waals surface area contributed by atoms with Crippen molar-refractivity contribution < 1.29 is 14.3 Å². The van der Waals surface area contributed by atoms with Crippen molar-refractivity contribution in [2.75, 3.05) is 26.8 Å². The molecule has 2 unspecified atom stereocenters.